The highest BCUT2D eigenvalue weighted by molar-refractivity contribution is 5.24. The van der Waals surface area contributed by atoms with Gasteiger partial charge in [0.1, 0.15) is 5.82 Å². The Kier molecular flexibility index (Phi) is 3.56. The van der Waals surface area contributed by atoms with Crippen molar-refractivity contribution < 1.29 is 4.39 Å². The van der Waals surface area contributed by atoms with E-state index in [1.807, 2.05) is 6.07 Å². The predicted molar refractivity (Wildman–Crippen MR) is 63.3 cm³/mol. The molecule has 16 heavy (non-hydrogen) atoms. The third kappa shape index (κ3) is 2.80. The second-order valence-electron chi connectivity index (χ2n) is 4.80. The van der Waals surface area contributed by atoms with Crippen LogP contribution >= 0.6 is 0 Å². The number of rotatable bonds is 3. The molecule has 0 spiro atoms. The molecule has 1 aliphatic rings. The highest BCUT2D eigenvalue weighted by Gasteiger charge is 2.18. The maximum absolute atomic E-state index is 13.3. The van der Waals surface area contributed by atoms with Gasteiger partial charge in [-0.25, -0.2) is 4.39 Å². The Hall–Kier alpha value is -0.930. The molecule has 1 saturated heterocycles. The largest absolute Gasteiger partial charge is 0.326 e. The Morgan fingerprint density at radius 3 is 2.75 bits per heavy atom. The fraction of sp³-hybridized carbons (Fsp3) is 0.538. The van der Waals surface area contributed by atoms with Crippen molar-refractivity contribution in [1.82, 2.24) is 4.90 Å². The summed E-state index contributed by atoms with van der Waals surface area (Å²) >= 11 is 0. The van der Waals surface area contributed by atoms with Crippen LogP contribution in [0.25, 0.3) is 0 Å². The Balaban J connectivity index is 2.06. The van der Waals surface area contributed by atoms with E-state index in [0.717, 1.165) is 36.7 Å². The summed E-state index contributed by atoms with van der Waals surface area (Å²) in [5, 5.41) is 0. The van der Waals surface area contributed by atoms with Crippen molar-refractivity contribution in [1.29, 1.82) is 0 Å². The summed E-state index contributed by atoms with van der Waals surface area (Å²) in [6.07, 6.45) is 1.25. The summed E-state index contributed by atoms with van der Waals surface area (Å²) in [4.78, 5) is 2.37. The lowest BCUT2D eigenvalue weighted by Gasteiger charge is -2.15. The lowest BCUT2D eigenvalue weighted by molar-refractivity contribution is 0.319. The zero-order chi connectivity index (χ0) is 11.5. The van der Waals surface area contributed by atoms with Gasteiger partial charge < -0.3 is 5.73 Å². The zero-order valence-corrected chi connectivity index (χ0v) is 9.75. The number of likely N-dealkylation sites (tertiary alicyclic amines) is 1. The molecule has 0 bridgehead atoms. The van der Waals surface area contributed by atoms with Gasteiger partial charge in [-0.05, 0) is 42.1 Å². The van der Waals surface area contributed by atoms with Crippen molar-refractivity contribution >= 4 is 0 Å². The average Bonchev–Trinajstić information content (AvgIpc) is 2.63. The average molecular weight is 222 g/mol. The summed E-state index contributed by atoms with van der Waals surface area (Å²) < 4.78 is 13.3. The quantitative estimate of drug-likeness (QED) is 0.849. The molecule has 1 unspecified atom stereocenters. The van der Waals surface area contributed by atoms with E-state index in [1.165, 1.54) is 12.5 Å². The maximum atomic E-state index is 13.3. The van der Waals surface area contributed by atoms with Crippen molar-refractivity contribution in [2.75, 3.05) is 13.1 Å². The molecule has 1 heterocycles. The molecule has 0 amide bonds. The van der Waals surface area contributed by atoms with E-state index in [9.17, 15) is 4.39 Å². The zero-order valence-electron chi connectivity index (χ0n) is 9.75. The van der Waals surface area contributed by atoms with Crippen LogP contribution in [0.2, 0.25) is 0 Å². The maximum Gasteiger partial charge on any atom is 0.123 e. The summed E-state index contributed by atoms with van der Waals surface area (Å²) in [5.74, 6) is 0.590. The fourth-order valence-corrected chi connectivity index (χ4v) is 2.35. The summed E-state index contributed by atoms with van der Waals surface area (Å²) in [6.45, 7) is 5.75. The molecule has 1 aromatic carbocycles. The van der Waals surface area contributed by atoms with Gasteiger partial charge in [-0.1, -0.05) is 13.0 Å². The van der Waals surface area contributed by atoms with Gasteiger partial charge in [0, 0.05) is 19.6 Å². The number of halogens is 1. The Bertz CT molecular complexity index is 365. The van der Waals surface area contributed by atoms with Gasteiger partial charge in [-0.15, -0.1) is 0 Å². The molecule has 1 atom stereocenters. The van der Waals surface area contributed by atoms with Crippen LogP contribution in [-0.4, -0.2) is 18.0 Å². The molecule has 2 N–H and O–H groups in total. The number of nitrogens with zero attached hydrogens (tertiary/aromatic N) is 1. The van der Waals surface area contributed by atoms with Crippen LogP contribution in [-0.2, 0) is 13.1 Å². The molecule has 1 aromatic rings. The Labute approximate surface area is 96.2 Å². The van der Waals surface area contributed by atoms with Gasteiger partial charge in [-0.3, -0.25) is 4.90 Å². The number of hydrogen-bond acceptors (Lipinski definition) is 2. The highest BCUT2D eigenvalue weighted by Crippen LogP contribution is 2.19. The van der Waals surface area contributed by atoms with Gasteiger partial charge in [0.25, 0.3) is 0 Å². The van der Waals surface area contributed by atoms with E-state index < -0.39 is 0 Å². The number of nitrogens with two attached hydrogens (primary N) is 1. The van der Waals surface area contributed by atoms with Crippen molar-refractivity contribution in [3.63, 3.8) is 0 Å². The van der Waals surface area contributed by atoms with E-state index >= 15 is 0 Å². The molecular weight excluding hydrogens is 203 g/mol. The van der Waals surface area contributed by atoms with Crippen LogP contribution in [0, 0.1) is 11.7 Å². The topological polar surface area (TPSA) is 29.3 Å². The standard InChI is InChI=1S/C13H19FN2/c1-10-2-3-16(8-10)9-12-4-11(7-15)5-13(14)6-12/h4-6,10H,2-3,7-9,15H2,1H3. The third-order valence-electron chi connectivity index (χ3n) is 3.17. The molecule has 0 aromatic heterocycles. The molecule has 1 aliphatic heterocycles. The van der Waals surface area contributed by atoms with Crippen LogP contribution in [0.5, 0.6) is 0 Å². The third-order valence-corrected chi connectivity index (χ3v) is 3.17. The first kappa shape index (κ1) is 11.6. The van der Waals surface area contributed by atoms with Gasteiger partial charge in [0.15, 0.2) is 0 Å². The first-order valence-corrected chi connectivity index (χ1v) is 5.88. The van der Waals surface area contributed by atoms with Crippen LogP contribution in [0.3, 0.4) is 0 Å². The first-order valence-electron chi connectivity index (χ1n) is 5.88. The fourth-order valence-electron chi connectivity index (χ4n) is 2.35. The lowest BCUT2D eigenvalue weighted by atomic mass is 10.1. The van der Waals surface area contributed by atoms with Crippen molar-refractivity contribution in [2.45, 2.75) is 26.4 Å². The summed E-state index contributed by atoms with van der Waals surface area (Å²) in [5.41, 5.74) is 7.45. The van der Waals surface area contributed by atoms with Gasteiger partial charge in [0.2, 0.25) is 0 Å². The van der Waals surface area contributed by atoms with E-state index in [1.54, 1.807) is 6.07 Å². The molecule has 0 aliphatic carbocycles. The molecule has 2 nitrogen and oxygen atoms in total. The molecule has 2 rings (SSSR count). The number of hydrogen-bond donors (Lipinski definition) is 1. The van der Waals surface area contributed by atoms with Crippen LogP contribution in [0.1, 0.15) is 24.5 Å². The molecule has 0 saturated carbocycles. The monoisotopic (exact) mass is 222 g/mol. The molecule has 88 valence electrons. The molecule has 3 heteroatoms. The van der Waals surface area contributed by atoms with Gasteiger partial charge in [-0.2, -0.15) is 0 Å². The Morgan fingerprint density at radius 1 is 1.38 bits per heavy atom. The van der Waals surface area contributed by atoms with E-state index in [0.29, 0.717) is 6.54 Å². The minimum Gasteiger partial charge on any atom is -0.326 e. The smallest absolute Gasteiger partial charge is 0.123 e. The normalized spacial score (nSPS) is 21.6. The summed E-state index contributed by atoms with van der Waals surface area (Å²) in [6, 6.07) is 5.13. The lowest BCUT2D eigenvalue weighted by Crippen LogP contribution is -2.19. The van der Waals surface area contributed by atoms with Crippen LogP contribution in [0.4, 0.5) is 4.39 Å². The second-order valence-corrected chi connectivity index (χ2v) is 4.80. The van der Waals surface area contributed by atoms with Crippen molar-refractivity contribution in [2.24, 2.45) is 11.7 Å². The Morgan fingerprint density at radius 2 is 2.12 bits per heavy atom. The van der Waals surface area contributed by atoms with Crippen LogP contribution < -0.4 is 5.73 Å². The molecule has 1 fully saturated rings. The van der Waals surface area contributed by atoms with Crippen LogP contribution in [0.15, 0.2) is 18.2 Å². The van der Waals surface area contributed by atoms with E-state index in [4.69, 9.17) is 5.73 Å². The second kappa shape index (κ2) is 4.93. The summed E-state index contributed by atoms with van der Waals surface area (Å²) in [7, 11) is 0. The van der Waals surface area contributed by atoms with E-state index in [2.05, 4.69) is 11.8 Å². The van der Waals surface area contributed by atoms with Crippen molar-refractivity contribution in [3.8, 4) is 0 Å². The molecular formula is C13H19FN2. The van der Waals surface area contributed by atoms with Gasteiger partial charge >= 0.3 is 0 Å². The van der Waals surface area contributed by atoms with Gasteiger partial charge in [0.05, 0.1) is 0 Å². The molecule has 0 radical (unpaired) electrons. The highest BCUT2D eigenvalue weighted by atomic mass is 19.1. The SMILES string of the molecule is CC1CCN(Cc2cc(F)cc(CN)c2)C1. The predicted octanol–water partition coefficient (Wildman–Crippen LogP) is 2.13. The van der Waals surface area contributed by atoms with E-state index in [-0.39, 0.29) is 5.82 Å². The minimum atomic E-state index is -0.176. The minimum absolute atomic E-state index is 0.176. The van der Waals surface area contributed by atoms with Crippen molar-refractivity contribution in [3.05, 3.63) is 35.1 Å². The first-order chi connectivity index (χ1) is 7.67. The number of benzene rings is 1.